The van der Waals surface area contributed by atoms with Crippen molar-refractivity contribution in [1.82, 2.24) is 10.2 Å². The van der Waals surface area contributed by atoms with E-state index in [0.29, 0.717) is 30.9 Å². The number of hydrogen-bond donors (Lipinski definition) is 2. The normalized spacial score (nSPS) is 18.3. The van der Waals surface area contributed by atoms with Crippen molar-refractivity contribution in [3.05, 3.63) is 65.7 Å². The van der Waals surface area contributed by atoms with E-state index in [2.05, 4.69) is 17.4 Å². The van der Waals surface area contributed by atoms with Gasteiger partial charge in [0.25, 0.3) is 5.91 Å². The monoisotopic (exact) mass is 403 g/mol. The summed E-state index contributed by atoms with van der Waals surface area (Å²) in [7, 11) is 1.57. The van der Waals surface area contributed by atoms with Crippen LogP contribution in [0.15, 0.2) is 54.6 Å². The summed E-state index contributed by atoms with van der Waals surface area (Å²) in [5.74, 6) is 0.777. The maximum absolute atomic E-state index is 12.6. The van der Waals surface area contributed by atoms with Crippen LogP contribution in [0.1, 0.15) is 21.8 Å². The minimum Gasteiger partial charge on any atom is -0.497 e. The van der Waals surface area contributed by atoms with Crippen LogP contribution in [0, 0.1) is 5.92 Å². The summed E-state index contributed by atoms with van der Waals surface area (Å²) in [6, 6.07) is 16.9. The van der Waals surface area contributed by atoms with Gasteiger partial charge in [-0.2, -0.15) is 0 Å². The summed E-state index contributed by atoms with van der Waals surface area (Å²) < 4.78 is 5.08. The van der Waals surface area contributed by atoms with E-state index < -0.39 is 0 Å². The zero-order chi connectivity index (χ0) is 19.2. The molecule has 2 aromatic carbocycles. The molecule has 0 bridgehead atoms. The summed E-state index contributed by atoms with van der Waals surface area (Å²) in [5.41, 5.74) is 7.62. The third kappa shape index (κ3) is 5.03. The molecular formula is C21H26ClN3O3. The zero-order valence-electron chi connectivity index (χ0n) is 15.8. The Morgan fingerprint density at radius 2 is 1.79 bits per heavy atom. The number of rotatable bonds is 6. The van der Waals surface area contributed by atoms with Crippen molar-refractivity contribution in [3.63, 3.8) is 0 Å². The van der Waals surface area contributed by atoms with Crippen molar-refractivity contribution >= 4 is 24.2 Å². The number of nitrogens with zero attached hydrogens (tertiary/aromatic N) is 1. The Bertz CT molecular complexity index is 783. The van der Waals surface area contributed by atoms with Crippen molar-refractivity contribution in [2.45, 2.75) is 5.92 Å². The molecule has 0 unspecified atom stereocenters. The second kappa shape index (κ2) is 10.1. The number of benzene rings is 2. The molecule has 28 heavy (non-hydrogen) atoms. The SMILES string of the molecule is COc1ccc(C(=O)NCC(=O)N2C[C@@H](CN)[C@H](c3ccccc3)C2)cc1.Cl. The molecule has 3 N–H and O–H groups in total. The van der Waals surface area contributed by atoms with Gasteiger partial charge in [-0.15, -0.1) is 12.4 Å². The molecule has 0 radical (unpaired) electrons. The van der Waals surface area contributed by atoms with E-state index in [-0.39, 0.29) is 42.6 Å². The zero-order valence-corrected chi connectivity index (χ0v) is 16.7. The average molecular weight is 404 g/mol. The van der Waals surface area contributed by atoms with E-state index in [4.69, 9.17) is 10.5 Å². The third-order valence-electron chi connectivity index (χ3n) is 5.08. The molecule has 2 aromatic rings. The summed E-state index contributed by atoms with van der Waals surface area (Å²) >= 11 is 0. The van der Waals surface area contributed by atoms with E-state index in [1.165, 1.54) is 5.56 Å². The van der Waals surface area contributed by atoms with E-state index in [1.807, 2.05) is 18.2 Å². The number of nitrogens with one attached hydrogen (secondary N) is 1. The molecule has 0 aromatic heterocycles. The minimum absolute atomic E-state index is 0. The maximum Gasteiger partial charge on any atom is 0.251 e. The maximum atomic E-state index is 12.6. The molecule has 0 saturated carbocycles. The van der Waals surface area contributed by atoms with Gasteiger partial charge in [-0.3, -0.25) is 9.59 Å². The standard InChI is InChI=1S/C21H25N3O3.ClH/c1-27-18-9-7-16(8-10-18)21(26)23-12-20(25)24-13-17(11-22)19(14-24)15-5-3-2-4-6-15;/h2-10,17,19H,11-14,22H2,1H3,(H,23,26);1H/t17-,19+;/m1./s1. The number of methoxy groups -OCH3 is 1. The lowest BCUT2D eigenvalue weighted by atomic mass is 9.89. The van der Waals surface area contributed by atoms with Crippen LogP contribution in [-0.2, 0) is 4.79 Å². The van der Waals surface area contributed by atoms with Gasteiger partial charge in [0.1, 0.15) is 5.75 Å². The fourth-order valence-electron chi connectivity index (χ4n) is 3.50. The predicted octanol–water partition coefficient (Wildman–Crippen LogP) is 2.05. The average Bonchev–Trinajstić information content (AvgIpc) is 3.17. The highest BCUT2D eigenvalue weighted by Crippen LogP contribution is 2.31. The van der Waals surface area contributed by atoms with Gasteiger partial charge < -0.3 is 20.7 Å². The van der Waals surface area contributed by atoms with Gasteiger partial charge in [0.05, 0.1) is 13.7 Å². The second-order valence-electron chi connectivity index (χ2n) is 6.72. The Labute approximate surface area is 171 Å². The number of amides is 2. The molecule has 2 amide bonds. The van der Waals surface area contributed by atoms with E-state index in [1.54, 1.807) is 36.3 Å². The van der Waals surface area contributed by atoms with Crippen LogP contribution in [0.25, 0.3) is 0 Å². The molecule has 0 aliphatic carbocycles. The number of halogens is 1. The van der Waals surface area contributed by atoms with Crippen LogP contribution in [0.4, 0.5) is 0 Å². The lowest BCUT2D eigenvalue weighted by Crippen LogP contribution is -2.39. The van der Waals surface area contributed by atoms with Gasteiger partial charge in [0.15, 0.2) is 0 Å². The van der Waals surface area contributed by atoms with Gasteiger partial charge in [-0.1, -0.05) is 30.3 Å². The molecule has 0 spiro atoms. The molecule has 1 saturated heterocycles. The number of ether oxygens (including phenoxy) is 1. The van der Waals surface area contributed by atoms with Crippen LogP contribution in [0.3, 0.4) is 0 Å². The lowest BCUT2D eigenvalue weighted by Gasteiger charge is -2.17. The van der Waals surface area contributed by atoms with Crippen LogP contribution in [0.5, 0.6) is 5.75 Å². The predicted molar refractivity (Wildman–Crippen MR) is 111 cm³/mol. The van der Waals surface area contributed by atoms with Crippen LogP contribution in [-0.4, -0.2) is 50.0 Å². The number of hydrogen-bond acceptors (Lipinski definition) is 4. The van der Waals surface area contributed by atoms with Crippen LogP contribution >= 0.6 is 12.4 Å². The van der Waals surface area contributed by atoms with E-state index in [0.717, 1.165) is 0 Å². The summed E-state index contributed by atoms with van der Waals surface area (Å²) in [4.78, 5) is 26.6. The van der Waals surface area contributed by atoms with Crippen molar-refractivity contribution in [1.29, 1.82) is 0 Å². The number of carbonyl (C=O) groups excluding carboxylic acids is 2. The molecule has 150 valence electrons. The quantitative estimate of drug-likeness (QED) is 0.773. The first-order valence-corrected chi connectivity index (χ1v) is 9.07. The molecule has 3 rings (SSSR count). The Kier molecular flexibility index (Phi) is 7.84. The Morgan fingerprint density at radius 3 is 2.39 bits per heavy atom. The first-order chi connectivity index (χ1) is 13.1. The molecule has 2 atom stereocenters. The Hall–Kier alpha value is -2.57. The fraction of sp³-hybridized carbons (Fsp3) is 0.333. The van der Waals surface area contributed by atoms with Crippen molar-refractivity contribution < 1.29 is 14.3 Å². The summed E-state index contributed by atoms with van der Waals surface area (Å²) in [6.45, 7) is 1.75. The Morgan fingerprint density at radius 1 is 1.11 bits per heavy atom. The minimum atomic E-state index is -0.278. The molecular weight excluding hydrogens is 378 g/mol. The summed E-state index contributed by atoms with van der Waals surface area (Å²) in [5, 5.41) is 2.70. The molecule has 1 heterocycles. The molecule has 1 fully saturated rings. The molecule has 1 aliphatic rings. The van der Waals surface area contributed by atoms with Crippen LogP contribution in [0.2, 0.25) is 0 Å². The number of nitrogens with two attached hydrogens (primary N) is 1. The highest BCUT2D eigenvalue weighted by Gasteiger charge is 2.35. The molecule has 7 heteroatoms. The highest BCUT2D eigenvalue weighted by atomic mass is 35.5. The first-order valence-electron chi connectivity index (χ1n) is 9.07. The van der Waals surface area contributed by atoms with Crippen molar-refractivity contribution in [2.75, 3.05) is 33.3 Å². The lowest BCUT2D eigenvalue weighted by molar-refractivity contribution is -0.129. The van der Waals surface area contributed by atoms with Gasteiger partial charge in [0, 0.05) is 24.6 Å². The first kappa shape index (κ1) is 21.7. The van der Waals surface area contributed by atoms with Gasteiger partial charge in [0.2, 0.25) is 5.91 Å². The summed E-state index contributed by atoms with van der Waals surface area (Å²) in [6.07, 6.45) is 0. The van der Waals surface area contributed by atoms with Crippen molar-refractivity contribution in [3.8, 4) is 5.75 Å². The topological polar surface area (TPSA) is 84.7 Å². The Balaban J connectivity index is 0.00000280. The van der Waals surface area contributed by atoms with E-state index >= 15 is 0 Å². The van der Waals surface area contributed by atoms with Gasteiger partial charge in [-0.25, -0.2) is 0 Å². The highest BCUT2D eigenvalue weighted by molar-refractivity contribution is 5.96. The van der Waals surface area contributed by atoms with Gasteiger partial charge in [-0.05, 0) is 42.3 Å². The van der Waals surface area contributed by atoms with Crippen molar-refractivity contribution in [2.24, 2.45) is 11.7 Å². The third-order valence-corrected chi connectivity index (χ3v) is 5.08. The largest absolute Gasteiger partial charge is 0.497 e. The van der Waals surface area contributed by atoms with Crippen LogP contribution < -0.4 is 15.8 Å². The fourth-order valence-corrected chi connectivity index (χ4v) is 3.50. The molecule has 6 nitrogen and oxygen atoms in total. The number of carbonyl (C=O) groups is 2. The second-order valence-corrected chi connectivity index (χ2v) is 6.72. The van der Waals surface area contributed by atoms with Gasteiger partial charge >= 0.3 is 0 Å². The number of likely N-dealkylation sites (tertiary alicyclic amines) is 1. The smallest absolute Gasteiger partial charge is 0.251 e. The van der Waals surface area contributed by atoms with E-state index in [9.17, 15) is 9.59 Å². The molecule has 1 aliphatic heterocycles.